The van der Waals surface area contributed by atoms with Gasteiger partial charge in [0.15, 0.2) is 0 Å². The van der Waals surface area contributed by atoms with E-state index in [1.54, 1.807) is 0 Å². The SMILES string of the molecule is Cc1cnn(C2CCCN(C(=O)NCc3ncnn3C(C)(C)C)C2)c1. The summed E-state index contributed by atoms with van der Waals surface area (Å²) < 4.78 is 3.82. The molecule has 2 aromatic rings. The number of likely N-dealkylation sites (tertiary alicyclic amines) is 1. The normalized spacial score (nSPS) is 18.4. The first-order valence-corrected chi connectivity index (χ1v) is 8.77. The molecule has 136 valence electrons. The van der Waals surface area contributed by atoms with Crippen LogP contribution in [-0.4, -0.2) is 48.6 Å². The topological polar surface area (TPSA) is 80.9 Å². The highest BCUT2D eigenvalue weighted by molar-refractivity contribution is 5.74. The Morgan fingerprint density at radius 2 is 2.16 bits per heavy atom. The van der Waals surface area contributed by atoms with Gasteiger partial charge in [0.2, 0.25) is 0 Å². The van der Waals surface area contributed by atoms with Crippen LogP contribution in [-0.2, 0) is 12.1 Å². The Morgan fingerprint density at radius 3 is 2.84 bits per heavy atom. The van der Waals surface area contributed by atoms with Crippen molar-refractivity contribution in [3.8, 4) is 0 Å². The number of carbonyl (C=O) groups is 1. The van der Waals surface area contributed by atoms with E-state index < -0.39 is 0 Å². The van der Waals surface area contributed by atoms with E-state index in [0.29, 0.717) is 13.1 Å². The molecule has 1 fully saturated rings. The molecule has 3 heterocycles. The fourth-order valence-electron chi connectivity index (χ4n) is 3.20. The number of hydrogen-bond acceptors (Lipinski definition) is 4. The van der Waals surface area contributed by atoms with Crippen molar-refractivity contribution < 1.29 is 4.79 Å². The predicted octanol–water partition coefficient (Wildman–Crippen LogP) is 2.08. The van der Waals surface area contributed by atoms with Gasteiger partial charge in [-0.3, -0.25) is 4.68 Å². The van der Waals surface area contributed by atoms with Crippen LogP contribution in [0, 0.1) is 6.92 Å². The fraction of sp³-hybridized carbons (Fsp3) is 0.647. The van der Waals surface area contributed by atoms with Gasteiger partial charge in [-0.1, -0.05) is 0 Å². The minimum Gasteiger partial charge on any atom is -0.331 e. The Bertz CT molecular complexity index is 727. The largest absolute Gasteiger partial charge is 0.331 e. The highest BCUT2D eigenvalue weighted by atomic mass is 16.2. The Kier molecular flexibility index (Phi) is 4.78. The molecule has 1 aliphatic rings. The van der Waals surface area contributed by atoms with Gasteiger partial charge in [0, 0.05) is 19.3 Å². The van der Waals surface area contributed by atoms with Gasteiger partial charge in [0.1, 0.15) is 12.2 Å². The zero-order valence-corrected chi connectivity index (χ0v) is 15.4. The Labute approximate surface area is 148 Å². The van der Waals surface area contributed by atoms with Crippen molar-refractivity contribution in [1.29, 1.82) is 0 Å². The number of rotatable bonds is 3. The van der Waals surface area contributed by atoms with Gasteiger partial charge < -0.3 is 10.2 Å². The second-order valence-corrected chi connectivity index (χ2v) is 7.66. The van der Waals surface area contributed by atoms with E-state index in [1.165, 1.54) is 6.33 Å². The number of hydrogen-bond donors (Lipinski definition) is 1. The summed E-state index contributed by atoms with van der Waals surface area (Å²) in [6.45, 7) is 10.0. The molecule has 1 saturated heterocycles. The molecule has 25 heavy (non-hydrogen) atoms. The van der Waals surface area contributed by atoms with Crippen LogP contribution < -0.4 is 5.32 Å². The molecule has 1 aliphatic heterocycles. The third kappa shape index (κ3) is 4.00. The molecule has 1 atom stereocenters. The number of nitrogens with zero attached hydrogens (tertiary/aromatic N) is 6. The molecule has 2 aromatic heterocycles. The van der Waals surface area contributed by atoms with Crippen molar-refractivity contribution in [2.75, 3.05) is 13.1 Å². The molecule has 0 saturated carbocycles. The monoisotopic (exact) mass is 345 g/mol. The van der Waals surface area contributed by atoms with Crippen LogP contribution in [0.4, 0.5) is 4.79 Å². The summed E-state index contributed by atoms with van der Waals surface area (Å²) in [6.07, 6.45) is 7.46. The lowest BCUT2D eigenvalue weighted by molar-refractivity contribution is 0.162. The molecule has 0 aromatic carbocycles. The zero-order valence-electron chi connectivity index (χ0n) is 15.4. The van der Waals surface area contributed by atoms with Crippen LogP contribution in [0.2, 0.25) is 0 Å². The van der Waals surface area contributed by atoms with Crippen molar-refractivity contribution in [3.63, 3.8) is 0 Å². The number of nitrogens with one attached hydrogen (secondary N) is 1. The smallest absolute Gasteiger partial charge is 0.317 e. The lowest BCUT2D eigenvalue weighted by Crippen LogP contribution is -2.46. The summed E-state index contributed by atoms with van der Waals surface area (Å²) in [5.41, 5.74) is 0.980. The van der Waals surface area contributed by atoms with Crippen LogP contribution in [0.5, 0.6) is 0 Å². The molecule has 0 aliphatic carbocycles. The number of aromatic nitrogens is 5. The van der Waals surface area contributed by atoms with E-state index >= 15 is 0 Å². The summed E-state index contributed by atoms with van der Waals surface area (Å²) in [4.78, 5) is 18.7. The number of piperidine rings is 1. The van der Waals surface area contributed by atoms with E-state index in [2.05, 4.69) is 41.3 Å². The van der Waals surface area contributed by atoms with E-state index in [0.717, 1.165) is 30.8 Å². The van der Waals surface area contributed by atoms with Crippen LogP contribution in [0.3, 0.4) is 0 Å². The lowest BCUT2D eigenvalue weighted by atomic mass is 10.1. The van der Waals surface area contributed by atoms with Crippen LogP contribution in [0.25, 0.3) is 0 Å². The van der Waals surface area contributed by atoms with Crippen molar-refractivity contribution in [3.05, 3.63) is 30.1 Å². The Morgan fingerprint density at radius 1 is 1.36 bits per heavy atom. The van der Waals surface area contributed by atoms with Crippen molar-refractivity contribution in [2.45, 2.75) is 58.7 Å². The summed E-state index contributed by atoms with van der Waals surface area (Å²) >= 11 is 0. The summed E-state index contributed by atoms with van der Waals surface area (Å²) in [7, 11) is 0. The average molecular weight is 345 g/mol. The molecule has 3 rings (SSSR count). The standard InChI is InChI=1S/C17H27N7O/c1-13-8-20-23(10-13)14-6-5-7-22(11-14)16(25)18-9-15-19-12-21-24(15)17(2,3)4/h8,10,12,14H,5-7,9,11H2,1-4H3,(H,18,25). The first-order valence-electron chi connectivity index (χ1n) is 8.77. The number of amides is 2. The quantitative estimate of drug-likeness (QED) is 0.923. The average Bonchev–Trinajstić information content (AvgIpc) is 3.21. The summed E-state index contributed by atoms with van der Waals surface area (Å²) in [5.74, 6) is 0.761. The van der Waals surface area contributed by atoms with Crippen molar-refractivity contribution in [1.82, 2.24) is 34.8 Å². The molecule has 1 unspecified atom stereocenters. The third-order valence-corrected chi connectivity index (χ3v) is 4.44. The molecule has 0 bridgehead atoms. The molecular weight excluding hydrogens is 318 g/mol. The minimum atomic E-state index is -0.162. The highest BCUT2D eigenvalue weighted by Crippen LogP contribution is 2.21. The molecule has 0 spiro atoms. The molecule has 1 N–H and O–H groups in total. The van der Waals surface area contributed by atoms with Gasteiger partial charge >= 0.3 is 6.03 Å². The first-order chi connectivity index (χ1) is 11.8. The van der Waals surface area contributed by atoms with Crippen LogP contribution >= 0.6 is 0 Å². The van der Waals surface area contributed by atoms with Gasteiger partial charge in [-0.25, -0.2) is 14.5 Å². The van der Waals surface area contributed by atoms with Crippen LogP contribution in [0.1, 0.15) is 51.0 Å². The predicted molar refractivity (Wildman–Crippen MR) is 94.1 cm³/mol. The molecule has 8 heteroatoms. The summed E-state index contributed by atoms with van der Waals surface area (Å²) in [5, 5.41) is 11.6. The van der Waals surface area contributed by atoms with Gasteiger partial charge in [-0.2, -0.15) is 10.2 Å². The van der Waals surface area contributed by atoms with Crippen molar-refractivity contribution in [2.24, 2.45) is 0 Å². The van der Waals surface area contributed by atoms with Gasteiger partial charge in [0.25, 0.3) is 0 Å². The fourth-order valence-corrected chi connectivity index (χ4v) is 3.20. The minimum absolute atomic E-state index is 0.0583. The number of carbonyl (C=O) groups excluding carboxylic acids is 1. The van der Waals surface area contributed by atoms with E-state index in [4.69, 9.17) is 0 Å². The van der Waals surface area contributed by atoms with Crippen molar-refractivity contribution >= 4 is 6.03 Å². The maximum absolute atomic E-state index is 12.6. The number of urea groups is 1. The van der Waals surface area contributed by atoms with Crippen LogP contribution in [0.15, 0.2) is 18.7 Å². The van der Waals surface area contributed by atoms with Gasteiger partial charge in [0.05, 0.1) is 24.3 Å². The molecule has 2 amide bonds. The molecule has 8 nitrogen and oxygen atoms in total. The zero-order chi connectivity index (χ0) is 18.0. The van der Waals surface area contributed by atoms with Gasteiger partial charge in [-0.15, -0.1) is 0 Å². The maximum atomic E-state index is 12.6. The highest BCUT2D eigenvalue weighted by Gasteiger charge is 2.26. The first kappa shape index (κ1) is 17.4. The van der Waals surface area contributed by atoms with E-state index in [-0.39, 0.29) is 17.6 Å². The Balaban J connectivity index is 1.59. The summed E-state index contributed by atoms with van der Waals surface area (Å²) in [6, 6.07) is 0.184. The van der Waals surface area contributed by atoms with E-state index in [1.807, 2.05) is 33.6 Å². The second kappa shape index (κ2) is 6.85. The number of aryl methyl sites for hydroxylation is 1. The molecular formula is C17H27N7O. The third-order valence-electron chi connectivity index (χ3n) is 4.44. The van der Waals surface area contributed by atoms with Gasteiger partial charge in [-0.05, 0) is 46.1 Å². The molecule has 0 radical (unpaired) electrons. The second-order valence-electron chi connectivity index (χ2n) is 7.66. The Hall–Kier alpha value is -2.38. The van der Waals surface area contributed by atoms with E-state index in [9.17, 15) is 4.79 Å². The lowest BCUT2D eigenvalue weighted by Gasteiger charge is -2.33. The maximum Gasteiger partial charge on any atom is 0.317 e.